The molecule has 4 rings (SSSR count). The summed E-state index contributed by atoms with van der Waals surface area (Å²) in [5.41, 5.74) is 2.26. The lowest BCUT2D eigenvalue weighted by Crippen LogP contribution is -2.20. The number of anilines is 1. The van der Waals surface area contributed by atoms with Gasteiger partial charge in [-0.05, 0) is 48.0 Å². The standard InChI is InChI=1S/C24H19ClN2O3/c25-18-6-11-21-22(14-18)27(13-12-23(21)28)15-24(29)26-19-7-9-20(10-8-19)30-16-17-4-2-1-3-5-17/h1-14H,15-16H2,(H,26,29). The molecule has 1 aromatic heterocycles. The summed E-state index contributed by atoms with van der Waals surface area (Å²) >= 11 is 6.06. The van der Waals surface area contributed by atoms with Crippen molar-refractivity contribution < 1.29 is 9.53 Å². The van der Waals surface area contributed by atoms with Crippen molar-refractivity contribution in [3.8, 4) is 5.75 Å². The molecule has 1 N–H and O–H groups in total. The molecule has 0 saturated heterocycles. The molecule has 1 amide bonds. The van der Waals surface area contributed by atoms with E-state index in [9.17, 15) is 9.59 Å². The van der Waals surface area contributed by atoms with Gasteiger partial charge in [0, 0.05) is 28.4 Å². The van der Waals surface area contributed by atoms with Crippen LogP contribution in [-0.4, -0.2) is 10.5 Å². The first-order chi connectivity index (χ1) is 14.6. The largest absolute Gasteiger partial charge is 0.489 e. The zero-order valence-corrected chi connectivity index (χ0v) is 16.8. The summed E-state index contributed by atoms with van der Waals surface area (Å²) in [5, 5.41) is 3.89. The Morgan fingerprint density at radius 3 is 2.50 bits per heavy atom. The molecular weight excluding hydrogens is 400 g/mol. The topological polar surface area (TPSA) is 60.3 Å². The highest BCUT2D eigenvalue weighted by atomic mass is 35.5. The highest BCUT2D eigenvalue weighted by molar-refractivity contribution is 6.31. The van der Waals surface area contributed by atoms with E-state index in [1.54, 1.807) is 41.1 Å². The van der Waals surface area contributed by atoms with Crippen molar-refractivity contribution in [1.82, 2.24) is 4.57 Å². The monoisotopic (exact) mass is 418 g/mol. The van der Waals surface area contributed by atoms with E-state index in [0.29, 0.717) is 28.2 Å². The second-order valence-electron chi connectivity index (χ2n) is 6.82. The van der Waals surface area contributed by atoms with Crippen LogP contribution in [0.1, 0.15) is 5.56 Å². The quantitative estimate of drug-likeness (QED) is 0.485. The van der Waals surface area contributed by atoms with Crippen molar-refractivity contribution in [1.29, 1.82) is 0 Å². The molecule has 0 radical (unpaired) electrons. The number of amides is 1. The van der Waals surface area contributed by atoms with E-state index < -0.39 is 0 Å². The second kappa shape index (κ2) is 8.84. The highest BCUT2D eigenvalue weighted by Gasteiger charge is 2.08. The molecule has 0 aliphatic carbocycles. The van der Waals surface area contributed by atoms with Gasteiger partial charge in [0.1, 0.15) is 18.9 Å². The lowest BCUT2D eigenvalue weighted by atomic mass is 10.2. The van der Waals surface area contributed by atoms with Gasteiger partial charge in [-0.2, -0.15) is 0 Å². The van der Waals surface area contributed by atoms with Crippen molar-refractivity contribution in [2.75, 3.05) is 5.32 Å². The number of pyridine rings is 1. The number of carbonyl (C=O) groups excluding carboxylic acids is 1. The van der Waals surface area contributed by atoms with E-state index in [4.69, 9.17) is 16.3 Å². The first-order valence-corrected chi connectivity index (χ1v) is 9.82. The number of carbonyl (C=O) groups is 1. The minimum Gasteiger partial charge on any atom is -0.489 e. The smallest absolute Gasteiger partial charge is 0.244 e. The number of aromatic nitrogens is 1. The summed E-state index contributed by atoms with van der Waals surface area (Å²) in [6.45, 7) is 0.540. The third kappa shape index (κ3) is 4.70. The van der Waals surface area contributed by atoms with Gasteiger partial charge in [-0.1, -0.05) is 41.9 Å². The fraction of sp³-hybridized carbons (Fsp3) is 0.0833. The summed E-state index contributed by atoms with van der Waals surface area (Å²) in [6, 6.07) is 23.6. The number of hydrogen-bond donors (Lipinski definition) is 1. The molecule has 1 heterocycles. The van der Waals surface area contributed by atoms with Crippen molar-refractivity contribution in [3.63, 3.8) is 0 Å². The fourth-order valence-corrected chi connectivity index (χ4v) is 3.31. The molecule has 3 aromatic carbocycles. The van der Waals surface area contributed by atoms with E-state index in [2.05, 4.69) is 5.32 Å². The number of benzene rings is 3. The lowest BCUT2D eigenvalue weighted by molar-refractivity contribution is -0.116. The SMILES string of the molecule is O=C(Cn1ccc(=O)c2ccc(Cl)cc21)Nc1ccc(OCc2ccccc2)cc1. The van der Waals surface area contributed by atoms with Gasteiger partial charge < -0.3 is 14.6 Å². The van der Waals surface area contributed by atoms with Crippen LogP contribution in [0.3, 0.4) is 0 Å². The average Bonchev–Trinajstić information content (AvgIpc) is 2.76. The minimum atomic E-state index is -0.210. The molecule has 0 spiro atoms. The number of nitrogens with one attached hydrogen (secondary N) is 1. The summed E-state index contributed by atoms with van der Waals surface area (Å²) in [6.07, 6.45) is 1.60. The van der Waals surface area contributed by atoms with Crippen LogP contribution in [0.4, 0.5) is 5.69 Å². The van der Waals surface area contributed by atoms with Gasteiger partial charge in [-0.3, -0.25) is 9.59 Å². The Balaban J connectivity index is 1.41. The van der Waals surface area contributed by atoms with E-state index >= 15 is 0 Å². The average molecular weight is 419 g/mol. The molecule has 0 aliphatic rings. The van der Waals surface area contributed by atoms with E-state index in [-0.39, 0.29) is 17.9 Å². The number of fused-ring (bicyclic) bond motifs is 1. The zero-order chi connectivity index (χ0) is 20.9. The predicted molar refractivity (Wildman–Crippen MR) is 119 cm³/mol. The summed E-state index contributed by atoms with van der Waals surface area (Å²) < 4.78 is 7.46. The Bertz CT molecular complexity index is 1240. The number of hydrogen-bond acceptors (Lipinski definition) is 3. The van der Waals surface area contributed by atoms with Crippen LogP contribution in [0.2, 0.25) is 5.02 Å². The number of nitrogens with zero attached hydrogens (tertiary/aromatic N) is 1. The van der Waals surface area contributed by atoms with Gasteiger partial charge >= 0.3 is 0 Å². The van der Waals surface area contributed by atoms with Crippen LogP contribution in [0, 0.1) is 0 Å². The molecule has 150 valence electrons. The third-order valence-corrected chi connectivity index (χ3v) is 4.88. The van der Waals surface area contributed by atoms with Crippen LogP contribution in [0.5, 0.6) is 5.75 Å². The molecular formula is C24H19ClN2O3. The molecule has 0 unspecified atom stereocenters. The van der Waals surface area contributed by atoms with Crippen LogP contribution < -0.4 is 15.5 Å². The van der Waals surface area contributed by atoms with Crippen LogP contribution in [0.15, 0.2) is 89.9 Å². The Labute approximate surface area is 178 Å². The molecule has 0 atom stereocenters. The maximum atomic E-state index is 12.5. The first-order valence-electron chi connectivity index (χ1n) is 9.44. The maximum absolute atomic E-state index is 12.5. The Hall–Kier alpha value is -3.57. The molecule has 30 heavy (non-hydrogen) atoms. The van der Waals surface area contributed by atoms with Gasteiger partial charge in [0.15, 0.2) is 5.43 Å². The van der Waals surface area contributed by atoms with E-state index in [0.717, 1.165) is 11.3 Å². The molecule has 0 fully saturated rings. The molecule has 4 aromatic rings. The van der Waals surface area contributed by atoms with Crippen molar-refractivity contribution in [2.24, 2.45) is 0 Å². The van der Waals surface area contributed by atoms with Gasteiger partial charge in [0.05, 0.1) is 5.52 Å². The Kier molecular flexibility index (Phi) is 5.82. The highest BCUT2D eigenvalue weighted by Crippen LogP contribution is 2.19. The van der Waals surface area contributed by atoms with Gasteiger partial charge in [0.25, 0.3) is 0 Å². The second-order valence-corrected chi connectivity index (χ2v) is 7.25. The molecule has 6 heteroatoms. The van der Waals surface area contributed by atoms with E-state index in [1.807, 2.05) is 42.5 Å². The molecule has 0 aliphatic heterocycles. The van der Waals surface area contributed by atoms with Gasteiger partial charge in [-0.25, -0.2) is 0 Å². The van der Waals surface area contributed by atoms with Crippen molar-refractivity contribution in [3.05, 3.63) is 106 Å². The van der Waals surface area contributed by atoms with Crippen molar-refractivity contribution >= 4 is 34.1 Å². The van der Waals surface area contributed by atoms with Crippen LogP contribution >= 0.6 is 11.6 Å². The third-order valence-electron chi connectivity index (χ3n) is 4.64. The molecule has 0 saturated carbocycles. The van der Waals surface area contributed by atoms with Crippen LogP contribution in [0.25, 0.3) is 10.9 Å². The molecule has 5 nitrogen and oxygen atoms in total. The van der Waals surface area contributed by atoms with Crippen molar-refractivity contribution in [2.45, 2.75) is 13.2 Å². The Morgan fingerprint density at radius 2 is 1.73 bits per heavy atom. The Morgan fingerprint density at radius 1 is 0.967 bits per heavy atom. The predicted octanol–water partition coefficient (Wildman–Crippen LogP) is 4.87. The fourth-order valence-electron chi connectivity index (χ4n) is 3.15. The van der Waals surface area contributed by atoms with Gasteiger partial charge in [0.2, 0.25) is 5.91 Å². The number of rotatable bonds is 6. The number of ether oxygens (including phenoxy) is 1. The summed E-state index contributed by atoms with van der Waals surface area (Å²) in [4.78, 5) is 24.5. The summed E-state index contributed by atoms with van der Waals surface area (Å²) in [7, 11) is 0. The summed E-state index contributed by atoms with van der Waals surface area (Å²) in [5.74, 6) is 0.510. The molecule has 0 bridgehead atoms. The first kappa shape index (κ1) is 19.7. The van der Waals surface area contributed by atoms with Gasteiger partial charge in [-0.15, -0.1) is 0 Å². The zero-order valence-electron chi connectivity index (χ0n) is 16.0. The minimum absolute atomic E-state index is 0.0589. The van der Waals surface area contributed by atoms with Crippen LogP contribution in [-0.2, 0) is 17.9 Å². The number of halogens is 1. The lowest BCUT2D eigenvalue weighted by Gasteiger charge is -2.12. The normalized spacial score (nSPS) is 10.7. The van der Waals surface area contributed by atoms with E-state index in [1.165, 1.54) is 6.07 Å². The maximum Gasteiger partial charge on any atom is 0.244 e.